The molecule has 0 N–H and O–H groups in total. The molecule has 0 aliphatic carbocycles. The molecule has 0 spiro atoms. The van der Waals surface area contributed by atoms with Crippen LogP contribution in [0.15, 0.2) is 33.7 Å². The Morgan fingerprint density at radius 1 is 1.48 bits per heavy atom. The number of hydrogen-bond acceptors (Lipinski definition) is 6. The van der Waals surface area contributed by atoms with Crippen LogP contribution in [-0.2, 0) is 21.4 Å². The van der Waals surface area contributed by atoms with E-state index in [0.717, 1.165) is 6.07 Å². The first-order valence-electron chi connectivity index (χ1n) is 7.08. The van der Waals surface area contributed by atoms with Gasteiger partial charge in [-0.05, 0) is 24.6 Å². The molecule has 1 aromatic heterocycles. The van der Waals surface area contributed by atoms with E-state index in [1.165, 1.54) is 29.6 Å². The van der Waals surface area contributed by atoms with Crippen LogP contribution < -0.4 is 0 Å². The van der Waals surface area contributed by atoms with Gasteiger partial charge >= 0.3 is 0 Å². The molecule has 3 rings (SSSR count). The number of methoxy groups -OCH3 is 1. The van der Waals surface area contributed by atoms with Crippen molar-refractivity contribution in [3.63, 3.8) is 0 Å². The molecule has 23 heavy (non-hydrogen) atoms. The maximum absolute atomic E-state index is 13.3. The van der Waals surface area contributed by atoms with Gasteiger partial charge in [0.05, 0.1) is 4.90 Å². The van der Waals surface area contributed by atoms with Crippen LogP contribution >= 0.6 is 0 Å². The van der Waals surface area contributed by atoms with E-state index in [-0.39, 0.29) is 24.0 Å². The molecule has 124 valence electrons. The van der Waals surface area contributed by atoms with Gasteiger partial charge in [-0.1, -0.05) is 11.2 Å². The standard InChI is InChI=1S/C14H16FN3O4S/c1-21-9-13-16-14(17-22-13)10-5-6-18(8-10)23(19,20)12-4-2-3-11(15)7-12/h2-4,7,10H,5-6,8-9H2,1H3. The minimum absolute atomic E-state index is 0.0497. The second kappa shape index (κ2) is 6.34. The van der Waals surface area contributed by atoms with Crippen molar-refractivity contribution in [3.05, 3.63) is 41.8 Å². The Balaban J connectivity index is 1.76. The van der Waals surface area contributed by atoms with Crippen LogP contribution in [0.4, 0.5) is 4.39 Å². The lowest BCUT2D eigenvalue weighted by molar-refractivity contribution is 0.151. The summed E-state index contributed by atoms with van der Waals surface area (Å²) in [6.07, 6.45) is 0.584. The van der Waals surface area contributed by atoms with Crippen molar-refractivity contribution in [3.8, 4) is 0 Å². The summed E-state index contributed by atoms with van der Waals surface area (Å²) in [5, 5.41) is 3.87. The quantitative estimate of drug-likeness (QED) is 0.820. The summed E-state index contributed by atoms with van der Waals surface area (Å²) in [5.74, 6) is 0.0971. The summed E-state index contributed by atoms with van der Waals surface area (Å²) < 4.78 is 49.6. The van der Waals surface area contributed by atoms with Crippen molar-refractivity contribution < 1.29 is 22.1 Å². The molecule has 0 radical (unpaired) electrons. The van der Waals surface area contributed by atoms with E-state index < -0.39 is 15.8 Å². The highest BCUT2D eigenvalue weighted by molar-refractivity contribution is 7.89. The third kappa shape index (κ3) is 3.26. The summed E-state index contributed by atoms with van der Waals surface area (Å²) in [6.45, 7) is 0.785. The molecule has 0 saturated carbocycles. The van der Waals surface area contributed by atoms with Crippen LogP contribution in [0.1, 0.15) is 24.1 Å². The molecule has 7 nitrogen and oxygen atoms in total. The van der Waals surface area contributed by atoms with Crippen LogP contribution in [-0.4, -0.2) is 43.1 Å². The first kappa shape index (κ1) is 16.0. The van der Waals surface area contributed by atoms with Gasteiger partial charge in [-0.25, -0.2) is 12.8 Å². The Kier molecular flexibility index (Phi) is 4.42. The maximum Gasteiger partial charge on any atom is 0.252 e. The SMILES string of the molecule is COCc1nc(C2CCN(S(=O)(=O)c3cccc(F)c3)C2)no1. The molecule has 0 amide bonds. The molecular formula is C14H16FN3O4S. The third-order valence-electron chi connectivity index (χ3n) is 3.70. The van der Waals surface area contributed by atoms with Gasteiger partial charge in [0, 0.05) is 26.1 Å². The fourth-order valence-corrected chi connectivity index (χ4v) is 4.08. The summed E-state index contributed by atoms with van der Waals surface area (Å²) in [5.41, 5.74) is 0. The predicted octanol–water partition coefficient (Wildman–Crippen LogP) is 1.53. The number of rotatable bonds is 5. The van der Waals surface area contributed by atoms with Crippen LogP contribution in [0.3, 0.4) is 0 Å². The van der Waals surface area contributed by atoms with E-state index in [4.69, 9.17) is 9.26 Å². The Bertz CT molecular complexity index is 793. The number of sulfonamides is 1. The Hall–Kier alpha value is -1.84. The topological polar surface area (TPSA) is 85.5 Å². The lowest BCUT2D eigenvalue weighted by atomic mass is 10.1. The molecule has 2 heterocycles. The summed E-state index contributed by atoms with van der Waals surface area (Å²) in [4.78, 5) is 4.15. The van der Waals surface area contributed by atoms with Crippen molar-refractivity contribution in [1.29, 1.82) is 0 Å². The van der Waals surface area contributed by atoms with E-state index in [1.807, 2.05) is 0 Å². The molecule has 1 atom stereocenters. The second-order valence-corrected chi connectivity index (χ2v) is 7.22. The van der Waals surface area contributed by atoms with E-state index >= 15 is 0 Å². The van der Waals surface area contributed by atoms with Gasteiger partial charge in [-0.15, -0.1) is 0 Å². The van der Waals surface area contributed by atoms with E-state index in [1.54, 1.807) is 0 Å². The second-order valence-electron chi connectivity index (χ2n) is 5.29. The lowest BCUT2D eigenvalue weighted by Gasteiger charge is -2.16. The van der Waals surface area contributed by atoms with Crippen LogP contribution in [0, 0.1) is 5.82 Å². The van der Waals surface area contributed by atoms with Gasteiger partial charge in [0.2, 0.25) is 10.0 Å². The number of aromatic nitrogens is 2. The van der Waals surface area contributed by atoms with Gasteiger partial charge in [-0.2, -0.15) is 9.29 Å². The van der Waals surface area contributed by atoms with E-state index in [0.29, 0.717) is 24.7 Å². The van der Waals surface area contributed by atoms with Crippen LogP contribution in [0.5, 0.6) is 0 Å². The molecule has 1 saturated heterocycles. The molecule has 2 aromatic rings. The first-order chi connectivity index (χ1) is 11.0. The van der Waals surface area contributed by atoms with Gasteiger partial charge in [0.15, 0.2) is 5.82 Å². The van der Waals surface area contributed by atoms with Gasteiger partial charge < -0.3 is 9.26 Å². The number of benzene rings is 1. The summed E-state index contributed by atoms with van der Waals surface area (Å²) in [6, 6.07) is 5.00. The molecule has 1 aliphatic rings. The number of ether oxygens (including phenoxy) is 1. The predicted molar refractivity (Wildman–Crippen MR) is 77.5 cm³/mol. The maximum atomic E-state index is 13.3. The fourth-order valence-electron chi connectivity index (χ4n) is 2.55. The fraction of sp³-hybridized carbons (Fsp3) is 0.429. The summed E-state index contributed by atoms with van der Waals surface area (Å²) in [7, 11) is -2.20. The minimum Gasteiger partial charge on any atom is -0.375 e. The van der Waals surface area contributed by atoms with Gasteiger partial charge in [0.1, 0.15) is 12.4 Å². The lowest BCUT2D eigenvalue weighted by Crippen LogP contribution is -2.28. The average molecular weight is 341 g/mol. The number of nitrogens with zero attached hydrogens (tertiary/aromatic N) is 3. The molecule has 1 fully saturated rings. The largest absolute Gasteiger partial charge is 0.375 e. The zero-order valence-corrected chi connectivity index (χ0v) is 13.3. The molecule has 1 aliphatic heterocycles. The van der Waals surface area contributed by atoms with Crippen molar-refractivity contribution in [2.45, 2.75) is 23.8 Å². The van der Waals surface area contributed by atoms with E-state index in [9.17, 15) is 12.8 Å². The smallest absolute Gasteiger partial charge is 0.252 e. The van der Waals surface area contributed by atoms with Crippen LogP contribution in [0.25, 0.3) is 0 Å². The Labute approximate surface area is 133 Å². The van der Waals surface area contributed by atoms with E-state index in [2.05, 4.69) is 10.1 Å². The van der Waals surface area contributed by atoms with Gasteiger partial charge in [0.25, 0.3) is 5.89 Å². The molecule has 1 aromatic carbocycles. The number of halogens is 1. The average Bonchev–Trinajstić information content (AvgIpc) is 3.16. The summed E-state index contributed by atoms with van der Waals surface area (Å²) >= 11 is 0. The van der Waals surface area contributed by atoms with Crippen molar-refractivity contribution in [2.24, 2.45) is 0 Å². The third-order valence-corrected chi connectivity index (χ3v) is 5.56. The van der Waals surface area contributed by atoms with Crippen molar-refractivity contribution >= 4 is 10.0 Å². The Morgan fingerprint density at radius 2 is 2.30 bits per heavy atom. The zero-order valence-electron chi connectivity index (χ0n) is 12.5. The molecular weight excluding hydrogens is 325 g/mol. The minimum atomic E-state index is -3.72. The monoisotopic (exact) mass is 341 g/mol. The van der Waals surface area contributed by atoms with Crippen molar-refractivity contribution in [2.75, 3.05) is 20.2 Å². The first-order valence-corrected chi connectivity index (χ1v) is 8.52. The van der Waals surface area contributed by atoms with Gasteiger partial charge in [-0.3, -0.25) is 0 Å². The highest BCUT2D eigenvalue weighted by atomic mass is 32.2. The highest BCUT2D eigenvalue weighted by Crippen LogP contribution is 2.29. The Morgan fingerprint density at radius 3 is 3.04 bits per heavy atom. The molecule has 0 bridgehead atoms. The zero-order chi connectivity index (χ0) is 16.4. The van der Waals surface area contributed by atoms with Crippen molar-refractivity contribution in [1.82, 2.24) is 14.4 Å². The molecule has 9 heteroatoms. The number of hydrogen-bond donors (Lipinski definition) is 0. The molecule has 1 unspecified atom stereocenters. The normalized spacial score (nSPS) is 19.3. The highest BCUT2D eigenvalue weighted by Gasteiger charge is 2.35. The van der Waals surface area contributed by atoms with Crippen LogP contribution in [0.2, 0.25) is 0 Å².